The molecule has 0 aliphatic carbocycles. The highest BCUT2D eigenvalue weighted by Crippen LogP contribution is 2.28. The fourth-order valence-corrected chi connectivity index (χ4v) is 4.57. The van der Waals surface area contributed by atoms with Gasteiger partial charge in [0.25, 0.3) is 0 Å². The predicted molar refractivity (Wildman–Crippen MR) is 114 cm³/mol. The molecule has 0 spiro atoms. The van der Waals surface area contributed by atoms with Crippen molar-refractivity contribution in [3.05, 3.63) is 28.8 Å². The Balaban J connectivity index is 2.85. The van der Waals surface area contributed by atoms with E-state index in [2.05, 4.69) is 10.0 Å². The Kier molecular flexibility index (Phi) is 8.56. The van der Waals surface area contributed by atoms with Crippen molar-refractivity contribution in [1.29, 1.82) is 0 Å². The van der Waals surface area contributed by atoms with Crippen LogP contribution < -0.4 is 10.0 Å². The van der Waals surface area contributed by atoms with E-state index < -0.39 is 40.5 Å². The lowest BCUT2D eigenvalue weighted by molar-refractivity contribution is -0.142. The molecule has 1 amide bonds. The molecule has 164 valence electrons. The molecule has 3 N–H and O–H groups in total. The lowest BCUT2D eigenvalue weighted by atomic mass is 9.81. The van der Waals surface area contributed by atoms with E-state index in [1.165, 1.54) is 0 Å². The average Bonchev–Trinajstić information content (AvgIpc) is 2.49. The van der Waals surface area contributed by atoms with Crippen molar-refractivity contribution in [3.8, 4) is 0 Å². The fourth-order valence-electron chi connectivity index (χ4n) is 3.11. The lowest BCUT2D eigenvalue weighted by Gasteiger charge is -2.32. The van der Waals surface area contributed by atoms with Crippen LogP contribution in [0.2, 0.25) is 0 Å². The highest BCUT2D eigenvalue weighted by atomic mass is 32.2. The third kappa shape index (κ3) is 7.87. The third-order valence-corrected chi connectivity index (χ3v) is 5.95. The second kappa shape index (κ2) is 9.82. The molecule has 0 aromatic heterocycles. The largest absolute Gasteiger partial charge is 0.593 e. The van der Waals surface area contributed by atoms with Crippen molar-refractivity contribution >= 4 is 23.4 Å². The Bertz CT molecular complexity index is 720. The van der Waals surface area contributed by atoms with Gasteiger partial charge in [-0.3, -0.25) is 4.79 Å². The number of carboxylic acid groups (broad SMARTS) is 1. The van der Waals surface area contributed by atoms with Crippen LogP contribution in [0.25, 0.3) is 0 Å². The second-order valence-electron chi connectivity index (χ2n) is 9.05. The minimum atomic E-state index is -1.68. The zero-order chi connectivity index (χ0) is 22.6. The van der Waals surface area contributed by atoms with E-state index >= 15 is 0 Å². The quantitative estimate of drug-likeness (QED) is 0.548. The van der Waals surface area contributed by atoms with Crippen molar-refractivity contribution in [2.75, 3.05) is 6.54 Å². The lowest BCUT2D eigenvalue weighted by Crippen LogP contribution is -2.51. The monoisotopic (exact) mass is 426 g/mol. The first-order valence-electron chi connectivity index (χ1n) is 9.59. The number of aliphatic carboxylic acids is 1. The topological polar surface area (TPSA) is 111 Å². The minimum Gasteiger partial charge on any atom is -0.593 e. The number of ether oxygens (including phenoxy) is 1. The number of rotatable bonds is 8. The highest BCUT2D eigenvalue weighted by Gasteiger charge is 2.39. The number of hydrogen-bond donors (Lipinski definition) is 3. The van der Waals surface area contributed by atoms with Gasteiger partial charge in [-0.2, -0.15) is 0 Å². The van der Waals surface area contributed by atoms with Crippen molar-refractivity contribution in [3.63, 3.8) is 0 Å². The summed E-state index contributed by atoms with van der Waals surface area (Å²) < 4.78 is 20.9. The van der Waals surface area contributed by atoms with Gasteiger partial charge in [-0.1, -0.05) is 31.5 Å². The zero-order valence-corrected chi connectivity index (χ0v) is 19.5. The van der Waals surface area contributed by atoms with Gasteiger partial charge in [0.15, 0.2) is 10.9 Å². The van der Waals surface area contributed by atoms with Crippen LogP contribution in [0.4, 0.5) is 4.79 Å². The Hall–Kier alpha value is -1.77. The van der Waals surface area contributed by atoms with Crippen LogP contribution in [0, 0.1) is 26.2 Å². The molecular weight excluding hydrogens is 392 g/mol. The van der Waals surface area contributed by atoms with Gasteiger partial charge in [0.1, 0.15) is 5.60 Å². The van der Waals surface area contributed by atoms with E-state index in [4.69, 9.17) is 4.74 Å². The SMILES string of the molecule is Cc1cc(C)c([S@+]([O-])N[C@H](C(=O)O)C(C)(C)CCNC(=O)OC(C)(C)C)c(C)c1. The van der Waals surface area contributed by atoms with Gasteiger partial charge in [-0.25, -0.2) is 4.79 Å². The number of carboxylic acids is 1. The van der Waals surface area contributed by atoms with E-state index in [9.17, 15) is 19.2 Å². The van der Waals surface area contributed by atoms with Crippen molar-refractivity contribution in [1.82, 2.24) is 10.0 Å². The summed E-state index contributed by atoms with van der Waals surface area (Å²) in [5.41, 5.74) is 1.38. The van der Waals surface area contributed by atoms with Gasteiger partial charge in [0.05, 0.1) is 11.4 Å². The Labute approximate surface area is 176 Å². The number of alkyl carbamates (subject to hydrolysis) is 1. The Morgan fingerprint density at radius 2 is 1.66 bits per heavy atom. The zero-order valence-electron chi connectivity index (χ0n) is 18.6. The van der Waals surface area contributed by atoms with Crippen LogP contribution >= 0.6 is 0 Å². The fraction of sp³-hybridized carbons (Fsp3) is 0.619. The summed E-state index contributed by atoms with van der Waals surface area (Å²) in [7, 11) is 0. The molecule has 0 radical (unpaired) electrons. The van der Waals surface area contributed by atoms with Crippen molar-refractivity contribution in [2.24, 2.45) is 5.41 Å². The first-order valence-corrected chi connectivity index (χ1v) is 10.7. The van der Waals surface area contributed by atoms with Gasteiger partial charge in [-0.05, 0) is 53.4 Å². The van der Waals surface area contributed by atoms with Crippen LogP contribution in [0.5, 0.6) is 0 Å². The first kappa shape index (κ1) is 25.3. The van der Waals surface area contributed by atoms with Gasteiger partial charge >= 0.3 is 12.1 Å². The molecular formula is C21H34N2O5S. The summed E-state index contributed by atoms with van der Waals surface area (Å²) >= 11 is -1.68. The first-order chi connectivity index (χ1) is 13.1. The van der Waals surface area contributed by atoms with Gasteiger partial charge in [-0.15, -0.1) is 4.72 Å². The van der Waals surface area contributed by atoms with Crippen molar-refractivity contribution in [2.45, 2.75) is 78.3 Å². The maximum atomic E-state index is 12.9. The molecule has 1 aromatic rings. The Morgan fingerprint density at radius 1 is 1.14 bits per heavy atom. The summed E-state index contributed by atoms with van der Waals surface area (Å²) in [4.78, 5) is 24.3. The third-order valence-electron chi connectivity index (χ3n) is 4.48. The number of amides is 1. The van der Waals surface area contributed by atoms with Gasteiger partial charge in [0.2, 0.25) is 0 Å². The molecule has 0 heterocycles. The van der Waals surface area contributed by atoms with Crippen LogP contribution in [0.1, 0.15) is 57.7 Å². The molecule has 0 unspecified atom stereocenters. The molecule has 8 heteroatoms. The molecule has 29 heavy (non-hydrogen) atoms. The summed E-state index contributed by atoms with van der Waals surface area (Å²) in [5, 5.41) is 12.4. The van der Waals surface area contributed by atoms with E-state index in [1.807, 2.05) is 32.9 Å². The highest BCUT2D eigenvalue weighted by molar-refractivity contribution is 7.89. The van der Waals surface area contributed by atoms with E-state index in [0.717, 1.165) is 16.7 Å². The molecule has 0 saturated heterocycles. The van der Waals surface area contributed by atoms with Crippen LogP contribution in [0.3, 0.4) is 0 Å². The van der Waals surface area contributed by atoms with Crippen LogP contribution in [0.15, 0.2) is 17.0 Å². The Morgan fingerprint density at radius 3 is 2.10 bits per heavy atom. The number of carbonyl (C=O) groups is 2. The van der Waals surface area contributed by atoms with Gasteiger partial charge in [0, 0.05) is 17.7 Å². The van der Waals surface area contributed by atoms with Crippen LogP contribution in [-0.4, -0.2) is 39.9 Å². The minimum absolute atomic E-state index is 0.239. The molecule has 0 aliphatic heterocycles. The molecule has 2 atom stereocenters. The standard InChI is InChI=1S/C21H34N2O5S/c1-13-11-14(2)16(15(3)12-13)29(27)23-17(18(24)25)21(7,8)9-10-22-19(26)28-20(4,5)6/h11-12,17,23H,9-10H2,1-8H3,(H,22,26)(H,24,25)/t17-,29+/m1/s1. The smallest absolute Gasteiger partial charge is 0.407 e. The number of aryl methyl sites for hydroxylation is 3. The number of nitrogens with one attached hydrogen (secondary N) is 2. The number of carbonyl (C=O) groups excluding carboxylic acids is 1. The van der Waals surface area contributed by atoms with E-state index in [0.29, 0.717) is 11.3 Å². The summed E-state index contributed by atoms with van der Waals surface area (Å²) in [6, 6.07) is 2.78. The summed E-state index contributed by atoms with van der Waals surface area (Å²) in [5.74, 6) is -1.09. The van der Waals surface area contributed by atoms with Gasteiger partial charge < -0.3 is 19.7 Å². The summed E-state index contributed by atoms with van der Waals surface area (Å²) in [6.07, 6.45) is -0.193. The molecule has 0 aliphatic rings. The maximum Gasteiger partial charge on any atom is 0.407 e. The number of benzene rings is 1. The molecule has 0 fully saturated rings. The van der Waals surface area contributed by atoms with E-state index in [1.54, 1.807) is 34.6 Å². The average molecular weight is 427 g/mol. The van der Waals surface area contributed by atoms with E-state index in [-0.39, 0.29) is 6.54 Å². The molecule has 1 rings (SSSR count). The van der Waals surface area contributed by atoms with Crippen molar-refractivity contribution < 1.29 is 24.0 Å². The predicted octanol–water partition coefficient (Wildman–Crippen LogP) is 3.62. The number of hydrogen-bond acceptors (Lipinski definition) is 5. The van der Waals surface area contributed by atoms with Crippen LogP contribution in [-0.2, 0) is 20.9 Å². The summed E-state index contributed by atoms with van der Waals surface area (Å²) in [6.45, 7) is 14.8. The normalized spacial score (nSPS) is 14.2. The maximum absolute atomic E-state index is 12.9. The second-order valence-corrected chi connectivity index (χ2v) is 10.2. The molecule has 7 nitrogen and oxygen atoms in total. The molecule has 1 aromatic carbocycles. The molecule has 0 saturated carbocycles. The molecule has 0 bridgehead atoms.